The van der Waals surface area contributed by atoms with Gasteiger partial charge in [0.05, 0.1) is 23.8 Å². The van der Waals surface area contributed by atoms with E-state index in [4.69, 9.17) is 21.0 Å². The summed E-state index contributed by atoms with van der Waals surface area (Å²) in [7, 11) is 3.08. The predicted octanol–water partition coefficient (Wildman–Crippen LogP) is 5.26. The van der Waals surface area contributed by atoms with Crippen LogP contribution in [-0.4, -0.2) is 57.6 Å². The van der Waals surface area contributed by atoms with Crippen molar-refractivity contribution in [2.45, 2.75) is 44.7 Å². The molecule has 16 heteroatoms. The van der Waals surface area contributed by atoms with Crippen molar-refractivity contribution in [3.63, 3.8) is 0 Å². The number of aromatic nitrogens is 5. The van der Waals surface area contributed by atoms with Crippen molar-refractivity contribution in [3.8, 4) is 11.3 Å². The van der Waals surface area contributed by atoms with E-state index in [1.165, 1.54) is 51.4 Å². The highest BCUT2D eigenvalue weighted by Gasteiger charge is 2.43. The Morgan fingerprint density at radius 3 is 2.69 bits per heavy atom. The van der Waals surface area contributed by atoms with Gasteiger partial charge in [-0.15, -0.1) is 16.0 Å². The van der Waals surface area contributed by atoms with E-state index in [2.05, 4.69) is 20.2 Å². The molecule has 0 fully saturated rings. The van der Waals surface area contributed by atoms with E-state index >= 15 is 4.39 Å². The molecule has 0 radical (unpaired) electrons. The Kier molecular flexibility index (Phi) is 11.4. The van der Waals surface area contributed by atoms with Crippen molar-refractivity contribution in [2.75, 3.05) is 25.5 Å². The Hall–Kier alpha value is -5.63. The van der Waals surface area contributed by atoms with Crippen LogP contribution in [0.4, 0.5) is 25.1 Å². The van der Waals surface area contributed by atoms with E-state index in [0.717, 1.165) is 23.8 Å². The number of likely N-dealkylation sites (N-methyl/N-ethyl adjacent to an activating group) is 1. The van der Waals surface area contributed by atoms with Gasteiger partial charge in [-0.1, -0.05) is 37.3 Å². The molecule has 0 saturated carbocycles. The molecule has 0 spiro atoms. The van der Waals surface area contributed by atoms with Crippen molar-refractivity contribution in [1.29, 1.82) is 0 Å². The summed E-state index contributed by atoms with van der Waals surface area (Å²) in [5.41, 5.74) is 0.00825. The van der Waals surface area contributed by atoms with Crippen molar-refractivity contribution < 1.29 is 37.5 Å². The van der Waals surface area contributed by atoms with Crippen LogP contribution in [0.2, 0.25) is 0 Å². The lowest BCUT2D eigenvalue weighted by molar-refractivity contribution is -0.753. The molecule has 13 nitrogen and oxygen atoms in total. The molecule has 51 heavy (non-hydrogen) atoms. The van der Waals surface area contributed by atoms with E-state index in [-0.39, 0.29) is 31.1 Å². The number of thiazole rings is 1. The number of ether oxygens (including phenoxy) is 2. The van der Waals surface area contributed by atoms with Crippen LogP contribution < -0.4 is 14.8 Å². The van der Waals surface area contributed by atoms with Crippen molar-refractivity contribution in [3.05, 3.63) is 118 Å². The van der Waals surface area contributed by atoms with Crippen molar-refractivity contribution in [2.24, 2.45) is 0 Å². The fourth-order valence-corrected chi connectivity index (χ4v) is 6.21. The zero-order valence-corrected chi connectivity index (χ0v) is 29.0. The van der Waals surface area contributed by atoms with E-state index < -0.39 is 41.4 Å². The van der Waals surface area contributed by atoms with Crippen LogP contribution in [-0.2, 0) is 33.0 Å². The molecule has 3 atom stereocenters. The largest absolute Gasteiger partial charge is 0.460 e. The summed E-state index contributed by atoms with van der Waals surface area (Å²) < 4.78 is 43.5. The summed E-state index contributed by atoms with van der Waals surface area (Å²) in [5, 5.41) is 21.5. The minimum absolute atomic E-state index is 0.0237. The van der Waals surface area contributed by atoms with Crippen LogP contribution in [0.15, 0.2) is 78.8 Å². The summed E-state index contributed by atoms with van der Waals surface area (Å²) in [6.45, 7) is 10.0. The Balaban J connectivity index is 1.35. The molecule has 0 aliphatic carbocycles. The average Bonchev–Trinajstić information content (AvgIpc) is 3.82. The maximum atomic E-state index is 15.3. The number of pyridine rings is 1. The molecule has 1 unspecified atom stereocenters. The fourth-order valence-electron chi connectivity index (χ4n) is 5.24. The van der Waals surface area contributed by atoms with E-state index in [1.807, 2.05) is 0 Å². The van der Waals surface area contributed by atoms with Crippen LogP contribution in [0.5, 0.6) is 0 Å². The topological polar surface area (TPSA) is 140 Å². The molecule has 0 aliphatic heterocycles. The van der Waals surface area contributed by atoms with Gasteiger partial charge < -0.3 is 19.9 Å². The summed E-state index contributed by atoms with van der Waals surface area (Å²) in [4.78, 5) is 38.5. The number of esters is 1. The maximum Gasteiger partial charge on any atom is 0.418 e. The molecule has 0 aliphatic rings. The number of hydrogen-bond donors (Lipinski definition) is 2. The van der Waals surface area contributed by atoms with Crippen molar-refractivity contribution >= 4 is 34.9 Å². The third-order valence-electron chi connectivity index (χ3n) is 8.16. The van der Waals surface area contributed by atoms with Crippen molar-refractivity contribution in [1.82, 2.24) is 25.1 Å². The van der Waals surface area contributed by atoms with Crippen LogP contribution in [0, 0.1) is 18.2 Å². The SMILES string of the molecule is [C-]#[N+]c1ccc(-c2csc([C@H](C)[C@](O)(Cn3c[n+](C(C)OC(=O)N(C)c4ncccc4COC(=O)CNC)cn3)c3cc(F)ccc3F)n2)cc1. The molecule has 5 aromatic rings. The minimum Gasteiger partial charge on any atom is -0.460 e. The molecule has 3 aromatic heterocycles. The first-order chi connectivity index (χ1) is 24.4. The number of halogens is 2. The standard InChI is InChI=1S/C35H35F2N8O5S/c1-22(33-42-30(18-51-33)24-8-11-27(39-4)12-9-24)35(48,28-15-26(36)10-13-29(28)37)19-45-21-44(20-41-45)23(2)50-34(47)43(5)32-25(7-6-14-40-32)17-49-31(46)16-38-3/h6-15,18,20-23,38,48H,16-17,19H2,1-3,5H3/q+1/t22-,23?,35+/m0/s1. The smallest absolute Gasteiger partial charge is 0.418 e. The fraction of sp³-hybridized carbons (Fsp3) is 0.286. The number of nitrogens with one attached hydrogen (secondary N) is 1. The summed E-state index contributed by atoms with van der Waals surface area (Å²) in [5.74, 6) is -2.63. The molecule has 1 amide bonds. The molecule has 2 N–H and O–H groups in total. The molecular weight excluding hydrogens is 682 g/mol. The zero-order valence-electron chi connectivity index (χ0n) is 28.2. The first kappa shape index (κ1) is 36.6. The lowest BCUT2D eigenvalue weighted by atomic mass is 9.82. The number of hydrogen-bond acceptors (Lipinski definition) is 10. The Morgan fingerprint density at radius 1 is 1.20 bits per heavy atom. The summed E-state index contributed by atoms with van der Waals surface area (Å²) >= 11 is 1.25. The van der Waals surface area contributed by atoms with E-state index in [0.29, 0.717) is 22.0 Å². The highest BCUT2D eigenvalue weighted by Crippen LogP contribution is 2.41. The average molecular weight is 718 g/mol. The Labute approximate surface area is 296 Å². The Morgan fingerprint density at radius 2 is 1.96 bits per heavy atom. The van der Waals surface area contributed by atoms with Gasteiger partial charge >= 0.3 is 12.1 Å². The van der Waals surface area contributed by atoms with E-state index in [1.54, 1.807) is 62.7 Å². The van der Waals surface area contributed by atoms with Gasteiger partial charge in [-0.05, 0) is 36.9 Å². The number of anilines is 1. The molecule has 0 bridgehead atoms. The third kappa shape index (κ3) is 8.40. The summed E-state index contributed by atoms with van der Waals surface area (Å²) in [6.07, 6.45) is 2.66. The van der Waals surface area contributed by atoms with Gasteiger partial charge in [0.25, 0.3) is 6.33 Å². The van der Waals surface area contributed by atoms with E-state index in [9.17, 15) is 19.1 Å². The van der Waals surface area contributed by atoms with Gasteiger partial charge in [0, 0.05) is 47.7 Å². The highest BCUT2D eigenvalue weighted by molar-refractivity contribution is 7.10. The second kappa shape index (κ2) is 15.9. The number of benzene rings is 2. The number of nitrogens with zero attached hydrogens (tertiary/aromatic N) is 7. The molecule has 2 aromatic carbocycles. The van der Waals surface area contributed by atoms with Crippen LogP contribution in [0.1, 0.15) is 42.1 Å². The number of amides is 1. The van der Waals surface area contributed by atoms with Crippen LogP contribution in [0.3, 0.4) is 0 Å². The quantitative estimate of drug-likeness (QED) is 0.0948. The lowest BCUT2D eigenvalue weighted by Gasteiger charge is -2.32. The molecule has 0 saturated heterocycles. The molecular formula is C35H35F2N8O5S+. The normalized spacial score (nSPS) is 13.5. The van der Waals surface area contributed by atoms with Gasteiger partial charge in [0.1, 0.15) is 36.2 Å². The number of rotatable bonds is 13. The summed E-state index contributed by atoms with van der Waals surface area (Å²) in [6, 6.07) is 13.1. The zero-order chi connectivity index (χ0) is 36.7. The first-order valence-electron chi connectivity index (χ1n) is 15.7. The minimum atomic E-state index is -2.04. The van der Waals surface area contributed by atoms with Gasteiger partial charge in [0.15, 0.2) is 5.69 Å². The lowest BCUT2D eigenvalue weighted by Crippen LogP contribution is -2.42. The molecule has 264 valence electrons. The first-order valence-corrected chi connectivity index (χ1v) is 16.5. The van der Waals surface area contributed by atoms with Gasteiger partial charge in [0.2, 0.25) is 12.6 Å². The Bertz CT molecular complexity index is 2050. The highest BCUT2D eigenvalue weighted by atomic mass is 32.1. The number of carbonyl (C=O) groups is 2. The van der Waals surface area contributed by atoms with Gasteiger partial charge in [-0.3, -0.25) is 9.69 Å². The van der Waals surface area contributed by atoms with Gasteiger partial charge in [-0.25, -0.2) is 28.4 Å². The number of carbonyl (C=O) groups excluding carboxylic acids is 2. The number of aliphatic hydroxyl groups is 1. The third-order valence-corrected chi connectivity index (χ3v) is 9.19. The maximum absolute atomic E-state index is 15.3. The monoisotopic (exact) mass is 717 g/mol. The van der Waals surface area contributed by atoms with Crippen LogP contribution >= 0.6 is 11.3 Å². The second-order valence-electron chi connectivity index (χ2n) is 11.6. The van der Waals surface area contributed by atoms with Gasteiger partial charge in [-0.2, -0.15) is 4.57 Å². The van der Waals surface area contributed by atoms with Crippen LogP contribution in [0.25, 0.3) is 16.1 Å². The second-order valence-corrected chi connectivity index (χ2v) is 12.5. The predicted molar refractivity (Wildman–Crippen MR) is 182 cm³/mol. The molecule has 5 rings (SSSR count). The molecule has 3 heterocycles.